The van der Waals surface area contributed by atoms with E-state index in [0.717, 1.165) is 4.47 Å². The number of methoxy groups -OCH3 is 1. The molecule has 0 saturated carbocycles. The lowest BCUT2D eigenvalue weighted by Gasteiger charge is -2.29. The summed E-state index contributed by atoms with van der Waals surface area (Å²) in [6, 6.07) is 7.51. The van der Waals surface area contributed by atoms with Gasteiger partial charge in [-0.05, 0) is 47.0 Å². The van der Waals surface area contributed by atoms with Crippen LogP contribution in [0.5, 0.6) is 5.75 Å². The van der Waals surface area contributed by atoms with Gasteiger partial charge in [-0.25, -0.2) is 4.98 Å². The van der Waals surface area contributed by atoms with E-state index in [1.54, 1.807) is 43.5 Å². The lowest BCUT2D eigenvalue weighted by Crippen LogP contribution is -2.38. The van der Waals surface area contributed by atoms with Crippen LogP contribution in [-0.4, -0.2) is 48.0 Å². The average Bonchev–Trinajstić information content (AvgIpc) is 2.74. The summed E-state index contributed by atoms with van der Waals surface area (Å²) in [7, 11) is 3.33. The molecule has 0 spiro atoms. The number of piperidine rings is 1. The maximum Gasteiger partial charge on any atom is 0.253 e. The van der Waals surface area contributed by atoms with Gasteiger partial charge in [-0.3, -0.25) is 4.79 Å². The number of anilines is 3. The summed E-state index contributed by atoms with van der Waals surface area (Å²) in [5.41, 5.74) is 1.21. The first-order valence-electron chi connectivity index (χ1n) is 8.90. The Morgan fingerprint density at radius 2 is 2.14 bits per heavy atom. The molecule has 0 unspecified atom stereocenters. The molecule has 1 aliphatic rings. The van der Waals surface area contributed by atoms with Gasteiger partial charge in [-0.15, -0.1) is 0 Å². The molecule has 1 aromatic heterocycles. The summed E-state index contributed by atoms with van der Waals surface area (Å²) in [4.78, 5) is 23.2. The number of nitriles is 1. The molecule has 1 amide bonds. The normalized spacial score (nSPS) is 14.3. The molecule has 8 nitrogen and oxygen atoms in total. The zero-order valence-corrected chi connectivity index (χ0v) is 17.3. The molecule has 1 aliphatic heterocycles. The number of ether oxygens (including phenoxy) is 1. The average molecular weight is 445 g/mol. The van der Waals surface area contributed by atoms with Crippen LogP contribution in [0.2, 0.25) is 0 Å². The molecule has 9 heteroatoms. The van der Waals surface area contributed by atoms with Crippen molar-refractivity contribution >= 4 is 39.3 Å². The van der Waals surface area contributed by atoms with Gasteiger partial charge in [-0.1, -0.05) is 0 Å². The van der Waals surface area contributed by atoms with Crippen molar-refractivity contribution in [2.75, 3.05) is 37.9 Å². The number of hydrogen-bond donors (Lipinski definition) is 2. The highest BCUT2D eigenvalue weighted by Gasteiger charge is 2.24. The van der Waals surface area contributed by atoms with Crippen molar-refractivity contribution in [2.24, 2.45) is 5.92 Å². The summed E-state index contributed by atoms with van der Waals surface area (Å²) in [6.07, 6.45) is 3.08. The van der Waals surface area contributed by atoms with Gasteiger partial charge in [0.05, 0.1) is 23.3 Å². The van der Waals surface area contributed by atoms with Crippen LogP contribution in [0.15, 0.2) is 28.9 Å². The number of halogens is 1. The maximum atomic E-state index is 12.8. The van der Waals surface area contributed by atoms with E-state index in [9.17, 15) is 4.79 Å². The summed E-state index contributed by atoms with van der Waals surface area (Å²) in [6.45, 7) is 1.19. The quantitative estimate of drug-likeness (QED) is 0.727. The van der Waals surface area contributed by atoms with E-state index in [2.05, 4.69) is 42.6 Å². The molecular weight excluding hydrogens is 424 g/mol. The van der Waals surface area contributed by atoms with E-state index in [1.165, 1.54) is 0 Å². The van der Waals surface area contributed by atoms with Gasteiger partial charge < -0.3 is 20.3 Å². The first-order chi connectivity index (χ1) is 13.5. The van der Waals surface area contributed by atoms with Gasteiger partial charge in [-0.2, -0.15) is 10.2 Å². The number of likely N-dealkylation sites (tertiary alicyclic amines) is 1. The van der Waals surface area contributed by atoms with Crippen LogP contribution in [0, 0.1) is 17.2 Å². The third-order valence-electron chi connectivity index (χ3n) is 4.64. The number of carbonyl (C=O) groups is 1. The Bertz CT molecular complexity index is 906. The van der Waals surface area contributed by atoms with E-state index in [4.69, 9.17) is 10.00 Å². The molecule has 0 aliphatic carbocycles. The van der Waals surface area contributed by atoms with Crippen LogP contribution in [0.3, 0.4) is 0 Å². The molecule has 28 heavy (non-hydrogen) atoms. The SMILES string of the molecule is CNc1nc(Nc2ccc(C(=O)N3CCC(C#N)CC3)cc2OC)ncc1Br. The second-order valence-electron chi connectivity index (χ2n) is 6.38. The van der Waals surface area contributed by atoms with E-state index in [1.807, 2.05) is 0 Å². The smallest absolute Gasteiger partial charge is 0.253 e. The molecule has 2 heterocycles. The standard InChI is InChI=1S/C19H21BrN6O2/c1-22-17-14(20)11-23-19(25-17)24-15-4-3-13(9-16(15)28-2)18(27)26-7-5-12(10-21)6-8-26/h3-4,9,11-12H,5-8H2,1-2H3,(H2,22,23,24,25). The third-order valence-corrected chi connectivity index (χ3v) is 5.22. The monoisotopic (exact) mass is 444 g/mol. The van der Waals surface area contributed by atoms with E-state index < -0.39 is 0 Å². The number of benzene rings is 1. The Balaban J connectivity index is 1.77. The first-order valence-corrected chi connectivity index (χ1v) is 9.69. The van der Waals surface area contributed by atoms with Crippen molar-refractivity contribution < 1.29 is 9.53 Å². The molecule has 2 N–H and O–H groups in total. The fourth-order valence-electron chi connectivity index (χ4n) is 3.04. The molecule has 3 rings (SSSR count). The zero-order valence-electron chi connectivity index (χ0n) is 15.7. The number of aromatic nitrogens is 2. The number of hydrogen-bond acceptors (Lipinski definition) is 7. The van der Waals surface area contributed by atoms with Gasteiger partial charge in [0.1, 0.15) is 11.6 Å². The van der Waals surface area contributed by atoms with Gasteiger partial charge >= 0.3 is 0 Å². The summed E-state index contributed by atoms with van der Waals surface area (Å²) >= 11 is 3.38. The largest absolute Gasteiger partial charge is 0.495 e. The van der Waals surface area contributed by atoms with Crippen LogP contribution >= 0.6 is 15.9 Å². The fourth-order valence-corrected chi connectivity index (χ4v) is 3.43. The molecular formula is C19H21BrN6O2. The predicted octanol–water partition coefficient (Wildman–Crippen LogP) is 3.41. The van der Waals surface area contributed by atoms with Gasteiger partial charge in [0.25, 0.3) is 5.91 Å². The van der Waals surface area contributed by atoms with Crippen molar-refractivity contribution in [3.8, 4) is 11.8 Å². The number of carbonyl (C=O) groups excluding carboxylic acids is 1. The lowest BCUT2D eigenvalue weighted by molar-refractivity contribution is 0.0707. The van der Waals surface area contributed by atoms with E-state index in [0.29, 0.717) is 54.7 Å². The summed E-state index contributed by atoms with van der Waals surface area (Å²) in [5, 5.41) is 15.1. The molecule has 0 radical (unpaired) electrons. The van der Waals surface area contributed by atoms with E-state index >= 15 is 0 Å². The summed E-state index contributed by atoms with van der Waals surface area (Å²) in [5.74, 6) is 1.57. The molecule has 146 valence electrons. The maximum absolute atomic E-state index is 12.8. The van der Waals surface area contributed by atoms with Crippen molar-refractivity contribution in [2.45, 2.75) is 12.8 Å². The number of rotatable bonds is 5. The minimum atomic E-state index is -0.0569. The minimum Gasteiger partial charge on any atom is -0.495 e. The van der Waals surface area contributed by atoms with Crippen LogP contribution in [0.25, 0.3) is 0 Å². The Morgan fingerprint density at radius 3 is 2.79 bits per heavy atom. The third kappa shape index (κ3) is 4.34. The Labute approximate surface area is 172 Å². The molecule has 2 aromatic rings. The van der Waals surface area contributed by atoms with Crippen molar-refractivity contribution in [1.82, 2.24) is 14.9 Å². The highest BCUT2D eigenvalue weighted by molar-refractivity contribution is 9.10. The molecule has 0 bridgehead atoms. The second kappa shape index (κ2) is 8.89. The number of amides is 1. The zero-order chi connectivity index (χ0) is 20.1. The van der Waals surface area contributed by atoms with Crippen molar-refractivity contribution in [1.29, 1.82) is 5.26 Å². The number of nitrogens with zero attached hydrogens (tertiary/aromatic N) is 4. The number of nitrogens with one attached hydrogen (secondary N) is 2. The topological polar surface area (TPSA) is 103 Å². The summed E-state index contributed by atoms with van der Waals surface area (Å²) < 4.78 is 6.21. The predicted molar refractivity (Wildman–Crippen MR) is 110 cm³/mol. The van der Waals surface area contributed by atoms with Crippen LogP contribution in [0.4, 0.5) is 17.5 Å². The molecule has 1 saturated heterocycles. The van der Waals surface area contributed by atoms with Crippen LogP contribution in [0.1, 0.15) is 23.2 Å². The van der Waals surface area contributed by atoms with Gasteiger partial charge in [0, 0.05) is 37.8 Å². The minimum absolute atomic E-state index is 0.0403. The first kappa shape index (κ1) is 19.9. The Hall–Kier alpha value is -2.86. The second-order valence-corrected chi connectivity index (χ2v) is 7.23. The van der Waals surface area contributed by atoms with Crippen LogP contribution in [-0.2, 0) is 0 Å². The Morgan fingerprint density at radius 1 is 1.39 bits per heavy atom. The highest BCUT2D eigenvalue weighted by atomic mass is 79.9. The van der Waals surface area contributed by atoms with Gasteiger partial charge in [0.15, 0.2) is 0 Å². The molecule has 1 aromatic carbocycles. The van der Waals surface area contributed by atoms with E-state index in [-0.39, 0.29) is 11.8 Å². The lowest BCUT2D eigenvalue weighted by atomic mass is 9.98. The molecule has 1 fully saturated rings. The van der Waals surface area contributed by atoms with Gasteiger partial charge in [0.2, 0.25) is 5.95 Å². The van der Waals surface area contributed by atoms with Crippen molar-refractivity contribution in [3.63, 3.8) is 0 Å². The van der Waals surface area contributed by atoms with Crippen LogP contribution < -0.4 is 15.4 Å². The Kier molecular flexibility index (Phi) is 6.31. The fraction of sp³-hybridized carbons (Fsp3) is 0.368. The van der Waals surface area contributed by atoms with Crippen molar-refractivity contribution in [3.05, 3.63) is 34.4 Å². The molecule has 0 atom stereocenters. The highest BCUT2D eigenvalue weighted by Crippen LogP contribution is 2.30.